The average molecular weight is 444 g/mol. The van der Waals surface area contributed by atoms with Crippen LogP contribution in [0.4, 0.5) is 13.2 Å². The molecule has 0 fully saturated rings. The minimum absolute atomic E-state index is 0.0491. The van der Waals surface area contributed by atoms with E-state index in [9.17, 15) is 18.3 Å². The monoisotopic (exact) mass is 444 g/mol. The van der Waals surface area contributed by atoms with Gasteiger partial charge in [0.1, 0.15) is 23.1 Å². The molecule has 3 nitrogen and oxygen atoms in total. The summed E-state index contributed by atoms with van der Waals surface area (Å²) >= 11 is 1.19. The molecule has 160 valence electrons. The van der Waals surface area contributed by atoms with Gasteiger partial charge in [0.2, 0.25) is 0 Å². The summed E-state index contributed by atoms with van der Waals surface area (Å²) < 4.78 is 54.6. The summed E-state index contributed by atoms with van der Waals surface area (Å²) in [6.45, 7) is 3.15. The molecule has 7 heteroatoms. The molecule has 0 saturated heterocycles. The maximum Gasteiger partial charge on any atom is 0.271 e. The van der Waals surface area contributed by atoms with Gasteiger partial charge < -0.3 is 14.6 Å². The molecular weight excluding hydrogens is 425 g/mol. The molecular formula is C24H19F3O3S. The first-order valence-electron chi connectivity index (χ1n) is 9.60. The first-order valence-corrected chi connectivity index (χ1v) is 10.4. The minimum atomic E-state index is -3.26. The van der Waals surface area contributed by atoms with Crippen molar-refractivity contribution in [2.24, 2.45) is 0 Å². The predicted molar refractivity (Wildman–Crippen MR) is 116 cm³/mol. The van der Waals surface area contributed by atoms with Crippen molar-refractivity contribution in [3.63, 3.8) is 0 Å². The van der Waals surface area contributed by atoms with Gasteiger partial charge in [-0.05, 0) is 61.5 Å². The van der Waals surface area contributed by atoms with Gasteiger partial charge in [0.25, 0.3) is 5.92 Å². The Morgan fingerprint density at radius 1 is 0.968 bits per heavy atom. The van der Waals surface area contributed by atoms with Crippen LogP contribution in [0.3, 0.4) is 0 Å². The molecule has 4 rings (SSSR count). The van der Waals surface area contributed by atoms with E-state index < -0.39 is 17.3 Å². The molecule has 0 saturated carbocycles. The highest BCUT2D eigenvalue weighted by molar-refractivity contribution is 7.22. The number of phenolic OH excluding ortho intramolecular Hbond substituents is 1. The van der Waals surface area contributed by atoms with Gasteiger partial charge in [-0.1, -0.05) is 6.07 Å². The number of hydrogen-bond acceptors (Lipinski definition) is 4. The smallest absolute Gasteiger partial charge is 0.271 e. The van der Waals surface area contributed by atoms with Crippen LogP contribution in [0.2, 0.25) is 0 Å². The minimum Gasteiger partial charge on any atom is -0.508 e. The van der Waals surface area contributed by atoms with Crippen LogP contribution in [-0.2, 0) is 5.92 Å². The molecule has 0 radical (unpaired) electrons. The highest BCUT2D eigenvalue weighted by Gasteiger charge is 2.31. The second-order valence-corrected chi connectivity index (χ2v) is 8.08. The largest absolute Gasteiger partial charge is 0.508 e. The van der Waals surface area contributed by atoms with Crippen molar-refractivity contribution in [3.8, 4) is 33.4 Å². The summed E-state index contributed by atoms with van der Waals surface area (Å²) in [7, 11) is 0. The molecule has 1 aromatic heterocycles. The second-order valence-electron chi connectivity index (χ2n) is 7.03. The molecule has 1 N–H and O–H groups in total. The van der Waals surface area contributed by atoms with E-state index in [2.05, 4.69) is 0 Å². The SMILES string of the molecule is CCOc1ccc(Oc2c(-c3ccc(F)cc3C(C)(F)F)sc3cc(O)ccc23)cc1. The molecule has 0 aliphatic carbocycles. The Labute approximate surface area is 181 Å². The molecule has 0 aliphatic heterocycles. The van der Waals surface area contributed by atoms with Gasteiger partial charge in [-0.2, -0.15) is 0 Å². The third-order valence-electron chi connectivity index (χ3n) is 4.68. The van der Waals surface area contributed by atoms with Crippen LogP contribution in [-0.4, -0.2) is 11.7 Å². The molecule has 3 aromatic carbocycles. The number of hydrogen-bond donors (Lipinski definition) is 1. The molecule has 31 heavy (non-hydrogen) atoms. The maximum atomic E-state index is 14.3. The number of benzene rings is 3. The van der Waals surface area contributed by atoms with Crippen LogP contribution in [0.25, 0.3) is 20.5 Å². The summed E-state index contributed by atoms with van der Waals surface area (Å²) in [5, 5.41) is 10.5. The third kappa shape index (κ3) is 4.32. The van der Waals surface area contributed by atoms with Crippen molar-refractivity contribution in [1.82, 2.24) is 0 Å². The lowest BCUT2D eigenvalue weighted by Crippen LogP contribution is -2.09. The number of thiophene rings is 1. The molecule has 0 spiro atoms. The van der Waals surface area contributed by atoms with E-state index >= 15 is 0 Å². The quantitative estimate of drug-likeness (QED) is 0.331. The van der Waals surface area contributed by atoms with Crippen LogP contribution in [0.1, 0.15) is 19.4 Å². The second kappa shape index (κ2) is 8.15. The Morgan fingerprint density at radius 2 is 1.68 bits per heavy atom. The van der Waals surface area contributed by atoms with Gasteiger partial charge in [-0.25, -0.2) is 13.2 Å². The van der Waals surface area contributed by atoms with Gasteiger partial charge >= 0.3 is 0 Å². The number of fused-ring (bicyclic) bond motifs is 1. The van der Waals surface area contributed by atoms with E-state index in [1.54, 1.807) is 36.4 Å². The highest BCUT2D eigenvalue weighted by Crippen LogP contribution is 2.50. The fourth-order valence-electron chi connectivity index (χ4n) is 3.31. The molecule has 0 amide bonds. The fourth-order valence-corrected chi connectivity index (χ4v) is 4.51. The van der Waals surface area contributed by atoms with Crippen LogP contribution < -0.4 is 9.47 Å². The topological polar surface area (TPSA) is 38.7 Å². The lowest BCUT2D eigenvalue weighted by Gasteiger charge is -2.16. The number of rotatable bonds is 6. The van der Waals surface area contributed by atoms with Gasteiger partial charge in [-0.3, -0.25) is 0 Å². The Morgan fingerprint density at radius 3 is 2.35 bits per heavy atom. The number of alkyl halides is 2. The molecule has 0 bridgehead atoms. The Kier molecular flexibility index (Phi) is 5.54. The standard InChI is InChI=1S/C24H19F3O3S/c1-3-29-16-6-8-17(9-7-16)30-22-19-11-5-15(28)13-21(19)31-23(22)18-10-4-14(25)12-20(18)24(2,26)27/h4-13,28H,3H2,1-2H3. The summed E-state index contributed by atoms with van der Waals surface area (Å²) in [5.74, 6) is -2.42. The van der Waals surface area contributed by atoms with Crippen LogP contribution in [0, 0.1) is 5.82 Å². The number of halogens is 3. The van der Waals surface area contributed by atoms with E-state index in [0.29, 0.717) is 38.8 Å². The molecule has 0 aliphatic rings. The number of ether oxygens (including phenoxy) is 2. The lowest BCUT2D eigenvalue weighted by atomic mass is 10.00. The Bertz CT molecular complexity index is 1230. The maximum absolute atomic E-state index is 14.3. The first-order chi connectivity index (χ1) is 14.8. The van der Waals surface area contributed by atoms with E-state index in [4.69, 9.17) is 9.47 Å². The molecule has 0 atom stereocenters. The van der Waals surface area contributed by atoms with E-state index in [1.165, 1.54) is 23.5 Å². The van der Waals surface area contributed by atoms with E-state index in [-0.39, 0.29) is 11.3 Å². The van der Waals surface area contributed by atoms with Crippen LogP contribution in [0.5, 0.6) is 23.0 Å². The average Bonchev–Trinajstić information content (AvgIpc) is 3.06. The zero-order chi connectivity index (χ0) is 22.2. The van der Waals surface area contributed by atoms with Crippen molar-refractivity contribution in [2.45, 2.75) is 19.8 Å². The number of phenols is 1. The summed E-state index contributed by atoms with van der Waals surface area (Å²) in [6.07, 6.45) is 0. The van der Waals surface area contributed by atoms with Crippen molar-refractivity contribution < 1.29 is 27.8 Å². The van der Waals surface area contributed by atoms with Crippen molar-refractivity contribution in [2.75, 3.05) is 6.61 Å². The van der Waals surface area contributed by atoms with Gasteiger partial charge in [0, 0.05) is 28.1 Å². The van der Waals surface area contributed by atoms with Crippen molar-refractivity contribution >= 4 is 21.4 Å². The van der Waals surface area contributed by atoms with Crippen molar-refractivity contribution in [3.05, 3.63) is 72.0 Å². The first kappa shape index (κ1) is 21.1. The van der Waals surface area contributed by atoms with Gasteiger partial charge in [0.15, 0.2) is 5.75 Å². The summed E-state index contributed by atoms with van der Waals surface area (Å²) in [4.78, 5) is 0.422. The molecule has 0 unspecified atom stereocenters. The fraction of sp³-hybridized carbons (Fsp3) is 0.167. The number of aromatic hydroxyl groups is 1. The zero-order valence-corrected chi connectivity index (χ0v) is 17.6. The zero-order valence-electron chi connectivity index (χ0n) is 16.8. The van der Waals surface area contributed by atoms with Gasteiger partial charge in [-0.15, -0.1) is 11.3 Å². The Hall–Kier alpha value is -3.19. The Balaban J connectivity index is 1.89. The normalized spacial score (nSPS) is 11.6. The highest BCUT2D eigenvalue weighted by atomic mass is 32.1. The van der Waals surface area contributed by atoms with Crippen LogP contribution in [0.15, 0.2) is 60.7 Å². The van der Waals surface area contributed by atoms with E-state index in [0.717, 1.165) is 19.1 Å². The summed E-state index contributed by atoms with van der Waals surface area (Å²) in [5.41, 5.74) is -0.254. The lowest BCUT2D eigenvalue weighted by molar-refractivity contribution is 0.0178. The summed E-state index contributed by atoms with van der Waals surface area (Å²) in [6, 6.07) is 15.0. The van der Waals surface area contributed by atoms with E-state index in [1.807, 2.05) is 6.92 Å². The third-order valence-corrected chi connectivity index (χ3v) is 5.85. The molecule has 4 aromatic rings. The van der Waals surface area contributed by atoms with Gasteiger partial charge in [0.05, 0.1) is 11.5 Å². The van der Waals surface area contributed by atoms with Crippen molar-refractivity contribution in [1.29, 1.82) is 0 Å². The predicted octanol–water partition coefficient (Wildman–Crippen LogP) is 7.72. The molecule has 1 heterocycles. The van der Waals surface area contributed by atoms with Crippen LogP contribution >= 0.6 is 11.3 Å².